The zero-order valence-corrected chi connectivity index (χ0v) is 21.7. The Bertz CT molecular complexity index is 768. The Hall–Kier alpha value is -2.04. The van der Waals surface area contributed by atoms with Crippen molar-refractivity contribution in [3.63, 3.8) is 0 Å². The Morgan fingerprint density at radius 3 is 2.18 bits per heavy atom. The Balaban J connectivity index is 1.79. The molecule has 2 rings (SSSR count). The van der Waals surface area contributed by atoms with Gasteiger partial charge in [0, 0.05) is 19.1 Å². The van der Waals surface area contributed by atoms with E-state index in [0.29, 0.717) is 12.6 Å². The molecule has 0 unspecified atom stereocenters. The van der Waals surface area contributed by atoms with Gasteiger partial charge in [-0.25, -0.2) is 0 Å². The molecule has 0 fully saturated rings. The number of rotatable bonds is 17. The number of nitrogens with one attached hydrogen (secondary N) is 1. The van der Waals surface area contributed by atoms with Gasteiger partial charge >= 0.3 is 0 Å². The Labute approximate surface area is 202 Å². The van der Waals surface area contributed by atoms with E-state index in [0.717, 1.165) is 50.5 Å². The van der Waals surface area contributed by atoms with Crippen LogP contribution in [0.4, 0.5) is 0 Å². The lowest BCUT2D eigenvalue weighted by Crippen LogP contribution is -2.30. The van der Waals surface area contributed by atoms with E-state index < -0.39 is 0 Å². The Kier molecular flexibility index (Phi) is 13.0. The second-order valence-electron chi connectivity index (χ2n) is 9.19. The highest BCUT2D eigenvalue weighted by Crippen LogP contribution is 2.28. The van der Waals surface area contributed by atoms with Crippen LogP contribution in [0.15, 0.2) is 42.5 Å². The fraction of sp³-hybridized carbons (Fsp3) is 0.586. The molecule has 4 heteroatoms. The number of aryl methyl sites for hydroxylation is 2. The smallest absolute Gasteiger partial charge is 0.161 e. The first kappa shape index (κ1) is 27.2. The third kappa shape index (κ3) is 10.6. The lowest BCUT2D eigenvalue weighted by molar-refractivity contribution is 0.200. The molecule has 0 bridgehead atoms. The van der Waals surface area contributed by atoms with Crippen molar-refractivity contribution in [3.05, 3.63) is 59.2 Å². The summed E-state index contributed by atoms with van der Waals surface area (Å²) in [5.41, 5.74) is 3.92. The van der Waals surface area contributed by atoms with Gasteiger partial charge in [-0.1, -0.05) is 62.6 Å². The summed E-state index contributed by atoms with van der Waals surface area (Å²) in [6.45, 7) is 13.8. The van der Waals surface area contributed by atoms with Gasteiger partial charge in [0.1, 0.15) is 6.61 Å². The summed E-state index contributed by atoms with van der Waals surface area (Å²) < 4.78 is 11.8. The average molecular weight is 455 g/mol. The maximum absolute atomic E-state index is 6.12. The van der Waals surface area contributed by atoms with Crippen molar-refractivity contribution in [1.29, 1.82) is 0 Å². The molecule has 0 aliphatic heterocycles. The fourth-order valence-corrected chi connectivity index (χ4v) is 3.85. The molecule has 0 saturated heterocycles. The molecule has 33 heavy (non-hydrogen) atoms. The minimum atomic E-state index is 0.449. The molecule has 0 aromatic heterocycles. The standard InChI is InChI=1S/C29H46N2O2/c1-6-8-18-31(19-9-7-2)20-21-33-28-17-16-26(22-29(28)32-5)15-12-25(4)30-23-27-13-10-24(3)11-14-27/h10-11,13-14,16-17,22,25,30H,6-9,12,15,18-21,23H2,1-5H3/t25-/m1/s1. The van der Waals surface area contributed by atoms with Gasteiger partial charge in [-0.3, -0.25) is 4.90 Å². The molecule has 0 aliphatic rings. The van der Waals surface area contributed by atoms with Crippen molar-refractivity contribution >= 4 is 0 Å². The summed E-state index contributed by atoms with van der Waals surface area (Å²) in [5.74, 6) is 1.68. The van der Waals surface area contributed by atoms with Crippen molar-refractivity contribution < 1.29 is 9.47 Å². The first-order valence-corrected chi connectivity index (χ1v) is 12.9. The average Bonchev–Trinajstić information content (AvgIpc) is 2.84. The maximum Gasteiger partial charge on any atom is 0.161 e. The number of ether oxygens (including phenoxy) is 2. The van der Waals surface area contributed by atoms with E-state index in [2.05, 4.69) is 80.4 Å². The molecule has 1 atom stereocenters. The molecule has 2 aromatic carbocycles. The quantitative estimate of drug-likeness (QED) is 0.300. The largest absolute Gasteiger partial charge is 0.493 e. The number of nitrogens with zero attached hydrogens (tertiary/aromatic N) is 1. The van der Waals surface area contributed by atoms with Crippen LogP contribution in [-0.2, 0) is 13.0 Å². The highest BCUT2D eigenvalue weighted by molar-refractivity contribution is 5.43. The molecule has 0 saturated carbocycles. The number of methoxy groups -OCH3 is 1. The van der Waals surface area contributed by atoms with Crippen molar-refractivity contribution in [2.24, 2.45) is 0 Å². The predicted molar refractivity (Wildman–Crippen MR) is 141 cm³/mol. The third-order valence-corrected chi connectivity index (χ3v) is 6.19. The molecule has 4 nitrogen and oxygen atoms in total. The van der Waals surface area contributed by atoms with Gasteiger partial charge in [0.25, 0.3) is 0 Å². The minimum absolute atomic E-state index is 0.449. The van der Waals surface area contributed by atoms with Crippen LogP contribution >= 0.6 is 0 Å². The SMILES string of the molecule is CCCCN(CCCC)CCOc1ccc(CC[C@@H](C)NCc2ccc(C)cc2)cc1OC. The van der Waals surface area contributed by atoms with Crippen molar-refractivity contribution in [3.8, 4) is 11.5 Å². The van der Waals surface area contributed by atoms with Crippen LogP contribution in [0.25, 0.3) is 0 Å². The van der Waals surface area contributed by atoms with Crippen LogP contribution in [0.3, 0.4) is 0 Å². The molecule has 184 valence electrons. The van der Waals surface area contributed by atoms with Crippen molar-refractivity contribution in [2.75, 3.05) is 33.4 Å². The van der Waals surface area contributed by atoms with E-state index in [-0.39, 0.29) is 0 Å². The van der Waals surface area contributed by atoms with Crippen LogP contribution in [0.5, 0.6) is 11.5 Å². The van der Waals surface area contributed by atoms with Crippen molar-refractivity contribution in [1.82, 2.24) is 10.2 Å². The molecular weight excluding hydrogens is 408 g/mol. The number of hydrogen-bond acceptors (Lipinski definition) is 4. The summed E-state index contributed by atoms with van der Waals surface area (Å²) in [4.78, 5) is 2.53. The third-order valence-electron chi connectivity index (χ3n) is 6.19. The molecule has 0 spiro atoms. The molecule has 1 N–H and O–H groups in total. The normalized spacial score (nSPS) is 12.2. The lowest BCUT2D eigenvalue weighted by Gasteiger charge is -2.22. The van der Waals surface area contributed by atoms with Gasteiger partial charge in [-0.15, -0.1) is 0 Å². The first-order chi connectivity index (χ1) is 16.0. The second-order valence-corrected chi connectivity index (χ2v) is 9.19. The summed E-state index contributed by atoms with van der Waals surface area (Å²) in [6.07, 6.45) is 7.07. The highest BCUT2D eigenvalue weighted by Gasteiger charge is 2.10. The van der Waals surface area contributed by atoms with E-state index in [1.165, 1.54) is 42.4 Å². The van der Waals surface area contributed by atoms with Crippen LogP contribution in [0.2, 0.25) is 0 Å². The van der Waals surface area contributed by atoms with Gasteiger partial charge in [-0.2, -0.15) is 0 Å². The van der Waals surface area contributed by atoms with Crippen molar-refractivity contribution in [2.45, 2.75) is 78.8 Å². The topological polar surface area (TPSA) is 33.7 Å². The first-order valence-electron chi connectivity index (χ1n) is 12.9. The second kappa shape index (κ2) is 15.7. The maximum atomic E-state index is 6.12. The fourth-order valence-electron chi connectivity index (χ4n) is 3.85. The van der Waals surface area contributed by atoms with Gasteiger partial charge in [0.05, 0.1) is 7.11 Å². The van der Waals surface area contributed by atoms with Crippen LogP contribution in [0, 0.1) is 6.92 Å². The van der Waals surface area contributed by atoms with E-state index in [9.17, 15) is 0 Å². The zero-order valence-electron chi connectivity index (χ0n) is 21.7. The predicted octanol–water partition coefficient (Wildman–Crippen LogP) is 6.40. The van der Waals surface area contributed by atoms with E-state index in [4.69, 9.17) is 9.47 Å². The van der Waals surface area contributed by atoms with E-state index in [1.807, 2.05) is 0 Å². The van der Waals surface area contributed by atoms with Crippen LogP contribution < -0.4 is 14.8 Å². The number of hydrogen-bond donors (Lipinski definition) is 1. The Morgan fingerprint density at radius 2 is 1.55 bits per heavy atom. The minimum Gasteiger partial charge on any atom is -0.493 e. The molecular formula is C29H46N2O2. The van der Waals surface area contributed by atoms with E-state index >= 15 is 0 Å². The molecule has 0 radical (unpaired) electrons. The summed E-state index contributed by atoms with van der Waals surface area (Å²) in [5, 5.41) is 3.64. The zero-order chi connectivity index (χ0) is 23.9. The summed E-state index contributed by atoms with van der Waals surface area (Å²) in [6, 6.07) is 15.6. The molecule has 2 aromatic rings. The van der Waals surface area contributed by atoms with Crippen LogP contribution in [0.1, 0.15) is 69.6 Å². The molecule has 0 amide bonds. The lowest BCUT2D eigenvalue weighted by atomic mass is 10.0. The van der Waals surface area contributed by atoms with Gasteiger partial charge < -0.3 is 14.8 Å². The summed E-state index contributed by atoms with van der Waals surface area (Å²) in [7, 11) is 1.73. The molecule has 0 heterocycles. The van der Waals surface area contributed by atoms with E-state index in [1.54, 1.807) is 7.11 Å². The van der Waals surface area contributed by atoms with Gasteiger partial charge in [0.15, 0.2) is 11.5 Å². The molecule has 0 aliphatic carbocycles. The number of unbranched alkanes of at least 4 members (excludes halogenated alkanes) is 2. The van der Waals surface area contributed by atoms with Gasteiger partial charge in [0.2, 0.25) is 0 Å². The van der Waals surface area contributed by atoms with Gasteiger partial charge in [-0.05, 0) is 75.9 Å². The number of benzene rings is 2. The van der Waals surface area contributed by atoms with Crippen LogP contribution in [-0.4, -0.2) is 44.3 Å². The summed E-state index contributed by atoms with van der Waals surface area (Å²) >= 11 is 0. The monoisotopic (exact) mass is 454 g/mol. The highest BCUT2D eigenvalue weighted by atomic mass is 16.5. The Morgan fingerprint density at radius 1 is 0.879 bits per heavy atom.